The lowest BCUT2D eigenvalue weighted by molar-refractivity contribution is -0.129. The van der Waals surface area contributed by atoms with Crippen molar-refractivity contribution in [1.29, 1.82) is 0 Å². The third-order valence-corrected chi connectivity index (χ3v) is 4.63. The van der Waals surface area contributed by atoms with E-state index in [1.165, 1.54) is 12.8 Å². The molecule has 1 aliphatic carbocycles. The monoisotopic (exact) mass is 301 g/mol. The van der Waals surface area contributed by atoms with Gasteiger partial charge in [0.15, 0.2) is 0 Å². The van der Waals surface area contributed by atoms with Crippen LogP contribution in [0.3, 0.4) is 0 Å². The van der Waals surface area contributed by atoms with Crippen LogP contribution in [0.1, 0.15) is 37.7 Å². The summed E-state index contributed by atoms with van der Waals surface area (Å²) in [5.41, 5.74) is 1.82. The van der Waals surface area contributed by atoms with Crippen molar-refractivity contribution in [1.82, 2.24) is 10.6 Å². The van der Waals surface area contributed by atoms with E-state index < -0.39 is 6.04 Å². The van der Waals surface area contributed by atoms with Crippen molar-refractivity contribution in [3.63, 3.8) is 0 Å². The molecule has 2 aliphatic rings. The summed E-state index contributed by atoms with van der Waals surface area (Å²) in [5, 5.41) is 9.32. The summed E-state index contributed by atoms with van der Waals surface area (Å²) in [7, 11) is 0. The fraction of sp³-hybridized carbons (Fsp3) is 0.529. The highest BCUT2D eigenvalue weighted by Gasteiger charge is 2.36. The number of anilines is 1. The van der Waals surface area contributed by atoms with Crippen LogP contribution in [-0.2, 0) is 9.59 Å². The number of carbonyl (C=O) groups is 2. The van der Waals surface area contributed by atoms with E-state index in [9.17, 15) is 9.59 Å². The number of hydrogen-bond donors (Lipinski definition) is 3. The SMILES string of the molecule is Cc1ccccc1NC(=O)CC1NC2CCCCC2NC1=O. The molecule has 1 aromatic rings. The Hall–Kier alpha value is -1.88. The van der Waals surface area contributed by atoms with Crippen LogP contribution in [0.25, 0.3) is 0 Å². The standard InChI is InChI=1S/C17H23N3O2/c1-11-6-2-3-7-12(11)19-16(21)10-15-17(22)20-14-9-5-4-8-13(14)18-15/h2-3,6-7,13-15,18H,4-5,8-10H2,1H3,(H,19,21)(H,20,22). The van der Waals surface area contributed by atoms with Crippen LogP contribution in [0.2, 0.25) is 0 Å². The van der Waals surface area contributed by atoms with E-state index >= 15 is 0 Å². The fourth-order valence-corrected chi connectivity index (χ4v) is 3.37. The average molecular weight is 301 g/mol. The summed E-state index contributed by atoms with van der Waals surface area (Å²) in [6.45, 7) is 1.95. The highest BCUT2D eigenvalue weighted by Crippen LogP contribution is 2.22. The summed E-state index contributed by atoms with van der Waals surface area (Å²) in [6.07, 6.45) is 4.63. The van der Waals surface area contributed by atoms with E-state index in [2.05, 4.69) is 16.0 Å². The number of benzene rings is 1. The lowest BCUT2D eigenvalue weighted by atomic mass is 9.87. The number of aryl methyl sites for hydroxylation is 1. The van der Waals surface area contributed by atoms with E-state index in [4.69, 9.17) is 0 Å². The second kappa shape index (κ2) is 6.48. The van der Waals surface area contributed by atoms with Crippen molar-refractivity contribution < 1.29 is 9.59 Å². The largest absolute Gasteiger partial charge is 0.350 e. The van der Waals surface area contributed by atoms with Gasteiger partial charge >= 0.3 is 0 Å². The number of amides is 2. The molecule has 5 nitrogen and oxygen atoms in total. The maximum atomic E-state index is 12.2. The molecule has 22 heavy (non-hydrogen) atoms. The zero-order valence-corrected chi connectivity index (χ0v) is 12.9. The highest BCUT2D eigenvalue weighted by molar-refractivity contribution is 5.96. The van der Waals surface area contributed by atoms with Crippen molar-refractivity contribution in [3.05, 3.63) is 29.8 Å². The molecule has 0 bridgehead atoms. The fourth-order valence-electron chi connectivity index (χ4n) is 3.37. The van der Waals surface area contributed by atoms with E-state index in [0.717, 1.165) is 24.1 Å². The minimum atomic E-state index is -0.427. The Morgan fingerprint density at radius 2 is 1.95 bits per heavy atom. The smallest absolute Gasteiger partial charge is 0.237 e. The Bertz CT molecular complexity index is 573. The van der Waals surface area contributed by atoms with Crippen LogP contribution in [0, 0.1) is 6.92 Å². The topological polar surface area (TPSA) is 70.2 Å². The molecule has 2 amide bonds. The maximum Gasteiger partial charge on any atom is 0.237 e. The van der Waals surface area contributed by atoms with Crippen LogP contribution in [0.15, 0.2) is 24.3 Å². The molecule has 3 N–H and O–H groups in total. The third-order valence-electron chi connectivity index (χ3n) is 4.63. The van der Waals surface area contributed by atoms with Crippen molar-refractivity contribution in [2.24, 2.45) is 0 Å². The molecule has 0 radical (unpaired) electrons. The van der Waals surface area contributed by atoms with Gasteiger partial charge in [-0.05, 0) is 31.4 Å². The molecule has 3 rings (SSSR count). The van der Waals surface area contributed by atoms with E-state index in [1.807, 2.05) is 31.2 Å². The first kappa shape index (κ1) is 15.0. The normalized spacial score (nSPS) is 27.7. The number of para-hydroxylation sites is 1. The van der Waals surface area contributed by atoms with E-state index in [0.29, 0.717) is 6.04 Å². The molecule has 2 fully saturated rings. The molecule has 1 saturated carbocycles. The number of fused-ring (bicyclic) bond motifs is 1. The minimum absolute atomic E-state index is 0.0527. The minimum Gasteiger partial charge on any atom is -0.350 e. The molecule has 5 heteroatoms. The van der Waals surface area contributed by atoms with Gasteiger partial charge in [-0.25, -0.2) is 0 Å². The molecular weight excluding hydrogens is 278 g/mol. The van der Waals surface area contributed by atoms with Crippen LogP contribution >= 0.6 is 0 Å². The zero-order chi connectivity index (χ0) is 15.5. The number of rotatable bonds is 3. The molecule has 1 saturated heterocycles. The lowest BCUT2D eigenvalue weighted by Crippen LogP contribution is -2.65. The van der Waals surface area contributed by atoms with Crippen molar-refractivity contribution in [3.8, 4) is 0 Å². The molecule has 0 aromatic heterocycles. The maximum absolute atomic E-state index is 12.2. The van der Waals surface area contributed by atoms with Gasteiger partial charge in [0.25, 0.3) is 0 Å². The number of nitrogens with one attached hydrogen (secondary N) is 3. The van der Waals surface area contributed by atoms with Gasteiger partial charge < -0.3 is 16.0 Å². The lowest BCUT2D eigenvalue weighted by Gasteiger charge is -2.40. The van der Waals surface area contributed by atoms with E-state index in [-0.39, 0.29) is 24.3 Å². The molecule has 118 valence electrons. The molecule has 3 atom stereocenters. The predicted octanol–water partition coefficient (Wildman–Crippen LogP) is 1.72. The number of piperazine rings is 1. The third kappa shape index (κ3) is 3.30. The Morgan fingerprint density at radius 3 is 2.73 bits per heavy atom. The predicted molar refractivity (Wildman–Crippen MR) is 85.5 cm³/mol. The highest BCUT2D eigenvalue weighted by atomic mass is 16.2. The number of carbonyl (C=O) groups excluding carboxylic acids is 2. The number of hydrogen-bond acceptors (Lipinski definition) is 3. The first-order chi connectivity index (χ1) is 10.6. The molecule has 1 aromatic carbocycles. The van der Waals surface area contributed by atoms with Gasteiger partial charge in [-0.2, -0.15) is 0 Å². The molecule has 0 spiro atoms. The first-order valence-corrected chi connectivity index (χ1v) is 8.05. The average Bonchev–Trinajstić information content (AvgIpc) is 2.50. The summed E-state index contributed by atoms with van der Waals surface area (Å²) < 4.78 is 0. The van der Waals surface area contributed by atoms with Crippen LogP contribution in [-0.4, -0.2) is 29.9 Å². The van der Waals surface area contributed by atoms with Gasteiger partial charge in [0, 0.05) is 17.8 Å². The second-order valence-corrected chi connectivity index (χ2v) is 6.29. The molecular formula is C17H23N3O2. The summed E-state index contributed by atoms with van der Waals surface area (Å²) in [5.74, 6) is -0.181. The second-order valence-electron chi connectivity index (χ2n) is 6.29. The van der Waals surface area contributed by atoms with Crippen molar-refractivity contribution >= 4 is 17.5 Å². The summed E-state index contributed by atoms with van der Waals surface area (Å²) >= 11 is 0. The first-order valence-electron chi connectivity index (χ1n) is 8.05. The van der Waals surface area contributed by atoms with Crippen LogP contribution < -0.4 is 16.0 Å². The Balaban J connectivity index is 1.59. The quantitative estimate of drug-likeness (QED) is 0.796. The summed E-state index contributed by atoms with van der Waals surface area (Å²) in [4.78, 5) is 24.4. The summed E-state index contributed by atoms with van der Waals surface area (Å²) in [6, 6.07) is 7.76. The van der Waals surface area contributed by atoms with Crippen LogP contribution in [0.5, 0.6) is 0 Å². The van der Waals surface area contributed by atoms with Gasteiger partial charge in [-0.15, -0.1) is 0 Å². The Morgan fingerprint density at radius 1 is 1.23 bits per heavy atom. The zero-order valence-electron chi connectivity index (χ0n) is 12.9. The Kier molecular flexibility index (Phi) is 4.43. The van der Waals surface area contributed by atoms with E-state index in [1.54, 1.807) is 0 Å². The molecule has 1 aliphatic heterocycles. The van der Waals surface area contributed by atoms with Gasteiger partial charge in [0.2, 0.25) is 11.8 Å². The van der Waals surface area contributed by atoms with Crippen molar-refractivity contribution in [2.45, 2.75) is 57.2 Å². The van der Waals surface area contributed by atoms with Crippen molar-refractivity contribution in [2.75, 3.05) is 5.32 Å². The van der Waals surface area contributed by atoms with Gasteiger partial charge in [0.05, 0.1) is 12.5 Å². The molecule has 3 unspecified atom stereocenters. The molecule has 1 heterocycles. The van der Waals surface area contributed by atoms with Crippen LogP contribution in [0.4, 0.5) is 5.69 Å². The van der Waals surface area contributed by atoms with Gasteiger partial charge in [-0.1, -0.05) is 31.0 Å². The van der Waals surface area contributed by atoms with Gasteiger partial charge in [0.1, 0.15) is 0 Å². The Labute approximate surface area is 130 Å². The van der Waals surface area contributed by atoms with Gasteiger partial charge in [-0.3, -0.25) is 9.59 Å².